The van der Waals surface area contributed by atoms with Gasteiger partial charge < -0.3 is 29.0 Å². The highest BCUT2D eigenvalue weighted by molar-refractivity contribution is 6.30. The third kappa shape index (κ3) is 7.09. The van der Waals surface area contributed by atoms with Crippen LogP contribution < -0.4 is 29.0 Å². The molecule has 0 unspecified atom stereocenters. The summed E-state index contributed by atoms with van der Waals surface area (Å²) in [5.74, 6) is 2.53. The standard InChI is InChI=1S/C28H25ClN2O6/c1-2-33-26-14-19(3-9-24(26)35-12-11-34-23-7-5-22(29)6-8-23)13-21(16-30)28(32)31-17-20-4-10-25-27(15-20)37-18-36-25/h3-10,13-15H,2,11-12,17-18H2,1H3,(H,31,32)/b21-13+. The number of nitriles is 1. The number of nitrogens with zero attached hydrogens (tertiary/aromatic N) is 1. The average Bonchev–Trinajstić information content (AvgIpc) is 3.38. The fourth-order valence-electron chi connectivity index (χ4n) is 3.49. The molecule has 0 saturated carbocycles. The number of carbonyl (C=O) groups excluding carboxylic acids is 1. The van der Waals surface area contributed by atoms with Gasteiger partial charge in [0.05, 0.1) is 6.61 Å². The van der Waals surface area contributed by atoms with Gasteiger partial charge in [0.25, 0.3) is 5.91 Å². The predicted molar refractivity (Wildman–Crippen MR) is 138 cm³/mol. The number of ether oxygens (including phenoxy) is 5. The van der Waals surface area contributed by atoms with Crippen molar-refractivity contribution in [1.29, 1.82) is 5.26 Å². The fourth-order valence-corrected chi connectivity index (χ4v) is 3.61. The lowest BCUT2D eigenvalue weighted by molar-refractivity contribution is -0.117. The van der Waals surface area contributed by atoms with Crippen molar-refractivity contribution in [2.75, 3.05) is 26.6 Å². The van der Waals surface area contributed by atoms with Crippen molar-refractivity contribution in [3.05, 3.63) is 82.4 Å². The van der Waals surface area contributed by atoms with Gasteiger partial charge >= 0.3 is 0 Å². The second-order valence-corrected chi connectivity index (χ2v) is 8.27. The van der Waals surface area contributed by atoms with E-state index in [9.17, 15) is 10.1 Å². The minimum Gasteiger partial charge on any atom is -0.490 e. The molecule has 0 radical (unpaired) electrons. The molecule has 1 amide bonds. The second-order valence-electron chi connectivity index (χ2n) is 7.83. The molecule has 0 saturated heterocycles. The largest absolute Gasteiger partial charge is 0.490 e. The molecule has 1 aliphatic rings. The number of benzene rings is 3. The first-order valence-corrected chi connectivity index (χ1v) is 12.0. The van der Waals surface area contributed by atoms with Crippen molar-refractivity contribution in [2.45, 2.75) is 13.5 Å². The van der Waals surface area contributed by atoms with E-state index in [1.807, 2.05) is 19.1 Å². The summed E-state index contributed by atoms with van der Waals surface area (Å²) in [4.78, 5) is 12.6. The van der Waals surface area contributed by atoms with E-state index in [4.69, 9.17) is 35.3 Å². The summed E-state index contributed by atoms with van der Waals surface area (Å²) in [6.45, 7) is 3.33. The third-order valence-corrected chi connectivity index (χ3v) is 5.51. The topological polar surface area (TPSA) is 99.0 Å². The van der Waals surface area contributed by atoms with Crippen LogP contribution in [0.4, 0.5) is 0 Å². The van der Waals surface area contributed by atoms with Gasteiger partial charge in [-0.05, 0) is 72.7 Å². The first-order valence-electron chi connectivity index (χ1n) is 11.6. The van der Waals surface area contributed by atoms with Crippen molar-refractivity contribution in [3.63, 3.8) is 0 Å². The summed E-state index contributed by atoms with van der Waals surface area (Å²) in [7, 11) is 0. The normalized spacial score (nSPS) is 12.0. The summed E-state index contributed by atoms with van der Waals surface area (Å²) >= 11 is 5.88. The summed E-state index contributed by atoms with van der Waals surface area (Å²) < 4.78 is 27.8. The minimum absolute atomic E-state index is 0.0341. The molecule has 190 valence electrons. The summed E-state index contributed by atoms with van der Waals surface area (Å²) in [6, 6.07) is 19.7. The van der Waals surface area contributed by atoms with Crippen molar-refractivity contribution < 1.29 is 28.5 Å². The zero-order valence-electron chi connectivity index (χ0n) is 20.2. The first kappa shape index (κ1) is 25.7. The molecule has 8 nitrogen and oxygen atoms in total. The molecule has 1 aliphatic heterocycles. The molecule has 0 spiro atoms. The van der Waals surface area contributed by atoms with Gasteiger partial charge in [-0.25, -0.2) is 0 Å². The molecule has 0 fully saturated rings. The third-order valence-electron chi connectivity index (χ3n) is 5.26. The molecule has 1 N–H and O–H groups in total. The number of amides is 1. The van der Waals surface area contributed by atoms with E-state index in [0.29, 0.717) is 59.2 Å². The van der Waals surface area contributed by atoms with Crippen molar-refractivity contribution in [3.8, 4) is 34.8 Å². The molecule has 0 aromatic heterocycles. The van der Waals surface area contributed by atoms with Crippen molar-refractivity contribution in [2.24, 2.45) is 0 Å². The van der Waals surface area contributed by atoms with E-state index in [0.717, 1.165) is 5.56 Å². The average molecular weight is 521 g/mol. The van der Waals surface area contributed by atoms with Gasteiger partial charge in [0.1, 0.15) is 30.6 Å². The van der Waals surface area contributed by atoms with Crippen LogP contribution >= 0.6 is 11.6 Å². The van der Waals surface area contributed by atoms with E-state index < -0.39 is 5.91 Å². The number of nitrogens with one attached hydrogen (secondary N) is 1. The van der Waals surface area contributed by atoms with E-state index in [1.54, 1.807) is 54.6 Å². The fraction of sp³-hybridized carbons (Fsp3) is 0.214. The Morgan fingerprint density at radius 3 is 2.57 bits per heavy atom. The van der Waals surface area contributed by atoms with Crippen LogP contribution in [-0.4, -0.2) is 32.5 Å². The molecule has 0 bridgehead atoms. The van der Waals surface area contributed by atoms with Crippen LogP contribution in [0.1, 0.15) is 18.1 Å². The smallest absolute Gasteiger partial charge is 0.262 e. The monoisotopic (exact) mass is 520 g/mol. The number of fused-ring (bicyclic) bond motifs is 1. The Bertz CT molecular complexity index is 1320. The lowest BCUT2D eigenvalue weighted by Crippen LogP contribution is -2.23. The predicted octanol–water partition coefficient (Wildman–Crippen LogP) is 5.15. The minimum atomic E-state index is -0.488. The number of hydrogen-bond donors (Lipinski definition) is 1. The molecule has 37 heavy (non-hydrogen) atoms. The molecule has 3 aromatic rings. The summed E-state index contributed by atoms with van der Waals surface area (Å²) in [5.41, 5.74) is 1.42. The van der Waals surface area contributed by atoms with Gasteiger partial charge in [0.15, 0.2) is 23.0 Å². The quantitative estimate of drug-likeness (QED) is 0.212. The van der Waals surface area contributed by atoms with Gasteiger partial charge in [0.2, 0.25) is 6.79 Å². The van der Waals surface area contributed by atoms with E-state index >= 15 is 0 Å². The molecule has 9 heteroatoms. The number of halogens is 1. The summed E-state index contributed by atoms with van der Waals surface area (Å²) in [5, 5.41) is 13.0. The van der Waals surface area contributed by atoms with Crippen LogP contribution in [0.15, 0.2) is 66.2 Å². The highest BCUT2D eigenvalue weighted by Gasteiger charge is 2.15. The highest BCUT2D eigenvalue weighted by atomic mass is 35.5. The van der Waals surface area contributed by atoms with Crippen LogP contribution in [0.25, 0.3) is 6.08 Å². The maximum Gasteiger partial charge on any atom is 0.262 e. The zero-order valence-corrected chi connectivity index (χ0v) is 20.9. The SMILES string of the molecule is CCOc1cc(/C=C(\C#N)C(=O)NCc2ccc3c(c2)OCO3)ccc1OCCOc1ccc(Cl)cc1. The van der Waals surface area contributed by atoms with E-state index in [2.05, 4.69) is 5.32 Å². The Labute approximate surface area is 219 Å². The maximum atomic E-state index is 12.6. The van der Waals surface area contributed by atoms with Gasteiger partial charge in [-0.2, -0.15) is 5.26 Å². The summed E-state index contributed by atoms with van der Waals surface area (Å²) in [6.07, 6.45) is 1.50. The van der Waals surface area contributed by atoms with Gasteiger partial charge in [-0.1, -0.05) is 23.7 Å². The molecule has 3 aromatic carbocycles. The molecular weight excluding hydrogens is 496 g/mol. The Morgan fingerprint density at radius 1 is 1.00 bits per heavy atom. The van der Waals surface area contributed by atoms with Crippen LogP contribution in [0.3, 0.4) is 0 Å². The first-order chi connectivity index (χ1) is 18.1. The van der Waals surface area contributed by atoms with Crippen LogP contribution in [-0.2, 0) is 11.3 Å². The number of rotatable bonds is 11. The molecule has 0 atom stereocenters. The maximum absolute atomic E-state index is 12.6. The van der Waals surface area contributed by atoms with E-state index in [-0.39, 0.29) is 18.9 Å². The number of hydrogen-bond acceptors (Lipinski definition) is 7. The van der Waals surface area contributed by atoms with Crippen molar-refractivity contribution in [1.82, 2.24) is 5.32 Å². The second kappa shape index (κ2) is 12.6. The Balaban J connectivity index is 1.36. The van der Waals surface area contributed by atoms with Gasteiger partial charge in [-0.3, -0.25) is 4.79 Å². The molecule has 0 aliphatic carbocycles. The lowest BCUT2D eigenvalue weighted by atomic mass is 10.1. The van der Waals surface area contributed by atoms with Crippen molar-refractivity contribution >= 4 is 23.6 Å². The lowest BCUT2D eigenvalue weighted by Gasteiger charge is -2.13. The Kier molecular flexibility index (Phi) is 8.74. The number of carbonyl (C=O) groups is 1. The van der Waals surface area contributed by atoms with Crippen LogP contribution in [0, 0.1) is 11.3 Å². The van der Waals surface area contributed by atoms with Crippen LogP contribution in [0.2, 0.25) is 5.02 Å². The van der Waals surface area contributed by atoms with Crippen LogP contribution in [0.5, 0.6) is 28.7 Å². The molecular formula is C28H25ClN2O6. The Hall–Kier alpha value is -4.35. The van der Waals surface area contributed by atoms with Gasteiger partial charge in [0, 0.05) is 11.6 Å². The Morgan fingerprint density at radius 2 is 1.78 bits per heavy atom. The highest BCUT2D eigenvalue weighted by Crippen LogP contribution is 2.32. The molecule has 1 heterocycles. The van der Waals surface area contributed by atoms with Gasteiger partial charge in [-0.15, -0.1) is 0 Å². The molecule has 4 rings (SSSR count). The van der Waals surface area contributed by atoms with E-state index in [1.165, 1.54) is 6.08 Å². The zero-order chi connectivity index (χ0) is 26.0.